The molecule has 0 fully saturated rings. The fourth-order valence-corrected chi connectivity index (χ4v) is 5.42. The van der Waals surface area contributed by atoms with E-state index in [1.807, 2.05) is 42.5 Å². The van der Waals surface area contributed by atoms with Gasteiger partial charge in [-0.25, -0.2) is 8.42 Å². The summed E-state index contributed by atoms with van der Waals surface area (Å²) in [6, 6.07) is 20.1. The molecule has 1 heterocycles. The molecule has 7 nitrogen and oxygen atoms in total. The number of carbonyl (C=O) groups excluding carboxylic acids is 1. The van der Waals surface area contributed by atoms with Crippen molar-refractivity contribution in [3.63, 3.8) is 0 Å². The fourth-order valence-electron chi connectivity index (χ4n) is 3.83. The van der Waals surface area contributed by atoms with E-state index in [4.69, 9.17) is 9.47 Å². The summed E-state index contributed by atoms with van der Waals surface area (Å²) in [6.45, 7) is 0.0970. The van der Waals surface area contributed by atoms with Crippen molar-refractivity contribution < 1.29 is 22.7 Å². The van der Waals surface area contributed by atoms with E-state index in [0.717, 1.165) is 11.1 Å². The second-order valence-corrected chi connectivity index (χ2v) is 9.30. The van der Waals surface area contributed by atoms with Gasteiger partial charge in [-0.05, 0) is 41.8 Å². The molecule has 1 amide bonds. The summed E-state index contributed by atoms with van der Waals surface area (Å²) in [5.74, 6) is 0.347. The number of amides is 1. The number of carbonyl (C=O) groups is 1. The third kappa shape index (κ3) is 4.19. The zero-order chi connectivity index (χ0) is 22.7. The number of sulfonamides is 1. The maximum atomic E-state index is 13.7. The minimum atomic E-state index is -4.01. The van der Waals surface area contributed by atoms with Gasteiger partial charge in [0.05, 0.1) is 19.1 Å². The number of benzene rings is 3. The molecular weight excluding hydrogens is 428 g/mol. The summed E-state index contributed by atoms with van der Waals surface area (Å²) < 4.78 is 39.1. The van der Waals surface area contributed by atoms with Crippen LogP contribution in [0.4, 0.5) is 5.69 Å². The Kier molecular flexibility index (Phi) is 6.16. The van der Waals surface area contributed by atoms with E-state index in [1.54, 1.807) is 18.2 Å². The first-order chi connectivity index (χ1) is 15.4. The summed E-state index contributed by atoms with van der Waals surface area (Å²) >= 11 is 0. The molecule has 0 saturated carbocycles. The summed E-state index contributed by atoms with van der Waals surface area (Å²) in [7, 11) is -1.08. The summed E-state index contributed by atoms with van der Waals surface area (Å²) in [4.78, 5) is 13.3. The number of ether oxygens (including phenoxy) is 2. The minimum Gasteiger partial charge on any atom is -0.493 e. The Balaban J connectivity index is 1.73. The molecule has 0 spiro atoms. The van der Waals surface area contributed by atoms with Crippen LogP contribution >= 0.6 is 0 Å². The van der Waals surface area contributed by atoms with Crippen molar-refractivity contribution in [3.8, 4) is 11.5 Å². The van der Waals surface area contributed by atoms with Gasteiger partial charge in [0, 0.05) is 18.3 Å². The lowest BCUT2D eigenvalue weighted by Gasteiger charge is -2.35. The molecule has 3 aromatic carbocycles. The van der Waals surface area contributed by atoms with Crippen LogP contribution in [0.1, 0.15) is 11.1 Å². The Labute approximate surface area is 187 Å². The van der Waals surface area contributed by atoms with E-state index in [9.17, 15) is 13.2 Å². The van der Waals surface area contributed by atoms with Gasteiger partial charge in [0.15, 0.2) is 11.5 Å². The number of rotatable bonds is 6. The lowest BCUT2D eigenvalue weighted by Crippen LogP contribution is -2.50. The van der Waals surface area contributed by atoms with Gasteiger partial charge in [-0.3, -0.25) is 4.79 Å². The van der Waals surface area contributed by atoms with Crippen molar-refractivity contribution in [2.24, 2.45) is 0 Å². The number of anilines is 1. The van der Waals surface area contributed by atoms with Crippen LogP contribution in [-0.4, -0.2) is 38.9 Å². The van der Waals surface area contributed by atoms with Crippen LogP contribution in [0.15, 0.2) is 77.7 Å². The Bertz CT molecular complexity index is 1230. The third-order valence-electron chi connectivity index (χ3n) is 5.51. The standard InChI is InChI=1S/C24H24N2O5S/c1-30-22-13-12-20(15-23(22)31-2)32(28,29)26-16-18-9-7-6-8-17(18)14-21(26)24(27)25-19-10-4-3-5-11-19/h3-13,15,21H,14,16H2,1-2H3,(H,25,27)/t21-/m0/s1. The van der Waals surface area contributed by atoms with Gasteiger partial charge < -0.3 is 14.8 Å². The van der Waals surface area contributed by atoms with Gasteiger partial charge in [-0.15, -0.1) is 0 Å². The molecule has 1 aliphatic heterocycles. The largest absolute Gasteiger partial charge is 0.493 e. The van der Waals surface area contributed by atoms with E-state index >= 15 is 0 Å². The van der Waals surface area contributed by atoms with Crippen molar-refractivity contribution in [2.75, 3.05) is 19.5 Å². The monoisotopic (exact) mass is 452 g/mol. The number of hydrogen-bond donors (Lipinski definition) is 1. The topological polar surface area (TPSA) is 84.9 Å². The Morgan fingerprint density at radius 1 is 0.906 bits per heavy atom. The molecule has 0 bridgehead atoms. The molecule has 8 heteroatoms. The zero-order valence-electron chi connectivity index (χ0n) is 17.8. The quantitative estimate of drug-likeness (QED) is 0.619. The number of methoxy groups -OCH3 is 2. The second kappa shape index (κ2) is 9.02. The summed E-state index contributed by atoms with van der Waals surface area (Å²) in [5, 5.41) is 2.85. The van der Waals surface area contributed by atoms with E-state index in [2.05, 4.69) is 5.32 Å². The number of para-hydroxylation sites is 1. The smallest absolute Gasteiger partial charge is 0.244 e. The van der Waals surface area contributed by atoms with Gasteiger partial charge in [-0.2, -0.15) is 4.31 Å². The van der Waals surface area contributed by atoms with E-state index < -0.39 is 16.1 Å². The highest BCUT2D eigenvalue weighted by Crippen LogP contribution is 2.34. The van der Waals surface area contributed by atoms with Gasteiger partial charge in [0.1, 0.15) is 6.04 Å². The van der Waals surface area contributed by atoms with Crippen LogP contribution in [0.25, 0.3) is 0 Å². The average Bonchev–Trinajstić information content (AvgIpc) is 2.83. The Morgan fingerprint density at radius 2 is 1.56 bits per heavy atom. The molecule has 1 aliphatic rings. The molecule has 1 N–H and O–H groups in total. The highest BCUT2D eigenvalue weighted by molar-refractivity contribution is 7.89. The van der Waals surface area contributed by atoms with Crippen LogP contribution in [0.3, 0.4) is 0 Å². The lowest BCUT2D eigenvalue weighted by molar-refractivity contribution is -0.120. The average molecular weight is 453 g/mol. The first kappa shape index (κ1) is 21.9. The summed E-state index contributed by atoms with van der Waals surface area (Å²) in [5.41, 5.74) is 2.44. The predicted molar refractivity (Wildman–Crippen MR) is 121 cm³/mol. The molecule has 0 aromatic heterocycles. The fraction of sp³-hybridized carbons (Fsp3) is 0.208. The molecule has 4 rings (SSSR count). The van der Waals surface area contributed by atoms with E-state index in [1.165, 1.54) is 30.7 Å². The van der Waals surface area contributed by atoms with E-state index in [-0.39, 0.29) is 23.8 Å². The first-order valence-electron chi connectivity index (χ1n) is 10.1. The third-order valence-corrected chi connectivity index (χ3v) is 7.36. The van der Waals surface area contributed by atoms with Crippen molar-refractivity contribution in [2.45, 2.75) is 23.9 Å². The number of fused-ring (bicyclic) bond motifs is 1. The molecular formula is C24H24N2O5S. The van der Waals surface area contributed by atoms with Crippen LogP contribution in [-0.2, 0) is 27.8 Å². The van der Waals surface area contributed by atoms with Crippen LogP contribution in [0, 0.1) is 0 Å². The van der Waals surface area contributed by atoms with Crippen LogP contribution in [0.2, 0.25) is 0 Å². The molecule has 166 valence electrons. The maximum absolute atomic E-state index is 13.7. The Morgan fingerprint density at radius 3 is 2.25 bits per heavy atom. The van der Waals surface area contributed by atoms with Crippen LogP contribution in [0.5, 0.6) is 11.5 Å². The maximum Gasteiger partial charge on any atom is 0.244 e. The predicted octanol–water partition coefficient (Wildman–Crippen LogP) is 3.46. The second-order valence-electron chi connectivity index (χ2n) is 7.41. The Hall–Kier alpha value is -3.36. The van der Waals surface area contributed by atoms with Gasteiger partial charge in [0.25, 0.3) is 0 Å². The molecule has 3 aromatic rings. The van der Waals surface area contributed by atoms with Crippen molar-refractivity contribution >= 4 is 21.6 Å². The minimum absolute atomic E-state index is 0.0343. The van der Waals surface area contributed by atoms with Gasteiger partial charge in [0.2, 0.25) is 15.9 Å². The normalized spacial score (nSPS) is 16.1. The molecule has 1 atom stereocenters. The highest BCUT2D eigenvalue weighted by Gasteiger charge is 2.40. The van der Waals surface area contributed by atoms with Crippen LogP contribution < -0.4 is 14.8 Å². The molecule has 32 heavy (non-hydrogen) atoms. The zero-order valence-corrected chi connectivity index (χ0v) is 18.6. The van der Waals surface area contributed by atoms with E-state index in [0.29, 0.717) is 17.2 Å². The van der Waals surface area contributed by atoms with Crippen molar-refractivity contribution in [3.05, 3.63) is 83.9 Å². The lowest BCUT2D eigenvalue weighted by atomic mass is 9.95. The first-order valence-corrected chi connectivity index (χ1v) is 11.5. The molecule has 0 saturated heterocycles. The van der Waals surface area contributed by atoms with Gasteiger partial charge >= 0.3 is 0 Å². The van der Waals surface area contributed by atoms with Crippen molar-refractivity contribution in [1.82, 2.24) is 4.31 Å². The highest BCUT2D eigenvalue weighted by atomic mass is 32.2. The van der Waals surface area contributed by atoms with Crippen molar-refractivity contribution in [1.29, 1.82) is 0 Å². The molecule has 0 unspecified atom stereocenters. The molecule has 0 aliphatic carbocycles. The summed E-state index contributed by atoms with van der Waals surface area (Å²) in [6.07, 6.45) is 0.279. The number of nitrogens with one attached hydrogen (secondary N) is 1. The molecule has 0 radical (unpaired) electrons. The van der Waals surface area contributed by atoms with Gasteiger partial charge in [-0.1, -0.05) is 42.5 Å². The number of nitrogens with zero attached hydrogens (tertiary/aromatic N) is 1. The number of hydrogen-bond acceptors (Lipinski definition) is 5. The SMILES string of the molecule is COc1ccc(S(=O)(=O)N2Cc3ccccc3C[C@H]2C(=O)Nc2ccccc2)cc1OC.